The van der Waals surface area contributed by atoms with Gasteiger partial charge in [-0.2, -0.15) is 0 Å². The van der Waals surface area contributed by atoms with E-state index in [-0.39, 0.29) is 22.5 Å². The van der Waals surface area contributed by atoms with Gasteiger partial charge >= 0.3 is 0 Å². The highest BCUT2D eigenvalue weighted by molar-refractivity contribution is 6.02. The molecule has 2 saturated heterocycles. The Morgan fingerprint density at radius 1 is 1.29 bits per heavy atom. The summed E-state index contributed by atoms with van der Waals surface area (Å²) in [6, 6.07) is 3.93. The van der Waals surface area contributed by atoms with E-state index in [2.05, 4.69) is 27.2 Å². The fourth-order valence-corrected chi connectivity index (χ4v) is 4.25. The molecule has 28 heavy (non-hydrogen) atoms. The van der Waals surface area contributed by atoms with Crippen LogP contribution in [0.4, 0.5) is 14.6 Å². The summed E-state index contributed by atoms with van der Waals surface area (Å²) in [5.74, 6) is -0.323. The topological polar surface area (TPSA) is 81.4 Å². The molecule has 3 aromatic heterocycles. The fraction of sp³-hybridized carbons (Fsp3) is 0.368. The minimum absolute atomic E-state index is 0.0348. The average Bonchev–Trinajstić information content (AvgIpc) is 3.32. The molecule has 5 heterocycles. The molecule has 9 heteroatoms. The number of carbonyl (C=O) groups excluding carboxylic acids is 1. The molecule has 3 aromatic rings. The van der Waals surface area contributed by atoms with Crippen LogP contribution in [0.5, 0.6) is 0 Å². The zero-order valence-corrected chi connectivity index (χ0v) is 15.0. The Labute approximate surface area is 158 Å². The number of pyridine rings is 1. The molecule has 3 fully saturated rings. The first-order valence-electron chi connectivity index (χ1n) is 8.92. The Bertz CT molecular complexity index is 1090. The molecule has 0 unspecified atom stereocenters. The molecule has 2 bridgehead atoms. The van der Waals surface area contributed by atoms with Gasteiger partial charge in [-0.25, -0.2) is 23.7 Å². The van der Waals surface area contributed by atoms with E-state index in [4.69, 9.17) is 4.74 Å². The number of alkyl halides is 2. The zero-order chi connectivity index (χ0) is 19.5. The summed E-state index contributed by atoms with van der Waals surface area (Å²) in [6.07, 6.45) is 4.30. The van der Waals surface area contributed by atoms with Crippen molar-refractivity contribution >= 4 is 17.4 Å². The predicted octanol–water partition coefficient (Wildman–Crippen LogP) is 3.13. The third-order valence-electron chi connectivity index (χ3n) is 5.47. The van der Waals surface area contributed by atoms with Crippen molar-refractivity contribution in [1.82, 2.24) is 19.4 Å². The van der Waals surface area contributed by atoms with Gasteiger partial charge in [-0.05, 0) is 31.9 Å². The van der Waals surface area contributed by atoms with Gasteiger partial charge in [0.25, 0.3) is 12.3 Å². The van der Waals surface area contributed by atoms with Gasteiger partial charge in [0.05, 0.1) is 30.3 Å². The van der Waals surface area contributed by atoms with Crippen molar-refractivity contribution in [3.05, 3.63) is 53.9 Å². The van der Waals surface area contributed by atoms with Crippen molar-refractivity contribution in [2.75, 3.05) is 11.9 Å². The number of rotatable bonds is 4. The highest BCUT2D eigenvalue weighted by Gasteiger charge is 2.61. The van der Waals surface area contributed by atoms with Crippen LogP contribution in [0.1, 0.15) is 48.1 Å². The Hall–Kier alpha value is -2.94. The lowest BCUT2D eigenvalue weighted by Gasteiger charge is -2.41. The second kappa shape index (κ2) is 5.78. The van der Waals surface area contributed by atoms with Gasteiger partial charge in [0, 0.05) is 11.6 Å². The van der Waals surface area contributed by atoms with Gasteiger partial charge in [0.2, 0.25) is 0 Å². The third-order valence-corrected chi connectivity index (χ3v) is 5.47. The molecule has 1 N–H and O–H groups in total. The number of ether oxygens (including phenoxy) is 1. The number of imidazole rings is 1. The highest BCUT2D eigenvalue weighted by atomic mass is 19.3. The molecule has 7 nitrogen and oxygen atoms in total. The number of nitrogens with zero attached hydrogens (tertiary/aromatic N) is 4. The van der Waals surface area contributed by atoms with E-state index in [1.807, 2.05) is 6.20 Å². The van der Waals surface area contributed by atoms with Crippen molar-refractivity contribution in [1.29, 1.82) is 0 Å². The molecule has 1 saturated carbocycles. The molecule has 3 aliphatic rings. The minimum Gasteiger partial charge on any atom is -0.374 e. The van der Waals surface area contributed by atoms with Crippen molar-refractivity contribution in [3.8, 4) is 0 Å². The van der Waals surface area contributed by atoms with Crippen LogP contribution < -0.4 is 5.32 Å². The van der Waals surface area contributed by atoms with E-state index in [0.717, 1.165) is 18.5 Å². The average molecular weight is 385 g/mol. The molecule has 0 radical (unpaired) electrons. The maximum atomic E-state index is 12.8. The van der Waals surface area contributed by atoms with E-state index < -0.39 is 18.0 Å². The first-order chi connectivity index (χ1) is 13.4. The molecule has 1 aliphatic carbocycles. The second-order valence-corrected chi connectivity index (χ2v) is 7.74. The summed E-state index contributed by atoms with van der Waals surface area (Å²) < 4.78 is 33.2. The van der Waals surface area contributed by atoms with Crippen molar-refractivity contribution in [3.63, 3.8) is 0 Å². The van der Waals surface area contributed by atoms with Crippen molar-refractivity contribution in [2.24, 2.45) is 0 Å². The number of amides is 1. The summed E-state index contributed by atoms with van der Waals surface area (Å²) >= 11 is 0. The lowest BCUT2D eigenvalue weighted by atomic mass is 9.62. The van der Waals surface area contributed by atoms with Gasteiger partial charge in [0.15, 0.2) is 5.65 Å². The highest BCUT2D eigenvalue weighted by Crippen LogP contribution is 2.58. The minimum atomic E-state index is -2.74. The molecular weight excluding hydrogens is 368 g/mol. The van der Waals surface area contributed by atoms with Crippen molar-refractivity contribution < 1.29 is 18.3 Å². The van der Waals surface area contributed by atoms with Gasteiger partial charge < -0.3 is 14.5 Å². The number of aromatic nitrogens is 4. The smallest absolute Gasteiger partial charge is 0.280 e. The number of nitrogens with one attached hydrogen (secondary N) is 1. The molecule has 0 atom stereocenters. The van der Waals surface area contributed by atoms with E-state index in [1.54, 1.807) is 16.8 Å². The van der Waals surface area contributed by atoms with E-state index in [1.165, 1.54) is 18.2 Å². The Kier molecular flexibility index (Phi) is 3.54. The van der Waals surface area contributed by atoms with Crippen LogP contribution >= 0.6 is 0 Å². The SMILES string of the molecule is CC12CC(c3cn4cc(NC(=O)c5cccc(C(F)F)n5)ncc4n3)(CO1)C2. The fourth-order valence-electron chi connectivity index (χ4n) is 4.25. The number of hydrogen-bond donors (Lipinski definition) is 1. The number of hydrogen-bond acceptors (Lipinski definition) is 5. The van der Waals surface area contributed by atoms with Crippen LogP contribution in [0.25, 0.3) is 5.65 Å². The molecule has 1 amide bonds. The van der Waals surface area contributed by atoms with E-state index >= 15 is 0 Å². The van der Waals surface area contributed by atoms with Crippen molar-refractivity contribution in [2.45, 2.75) is 37.2 Å². The third kappa shape index (κ3) is 2.65. The Morgan fingerprint density at radius 3 is 2.82 bits per heavy atom. The van der Waals surface area contributed by atoms with Crippen LogP contribution in [-0.2, 0) is 10.2 Å². The molecule has 2 aliphatic heterocycles. The maximum absolute atomic E-state index is 12.8. The monoisotopic (exact) mass is 385 g/mol. The molecule has 0 aromatic carbocycles. The number of carbonyl (C=O) groups is 1. The number of halogens is 2. The first kappa shape index (κ1) is 17.2. The number of anilines is 1. The lowest BCUT2D eigenvalue weighted by molar-refractivity contribution is 0.0154. The summed E-state index contributed by atoms with van der Waals surface area (Å²) in [7, 11) is 0. The first-order valence-corrected chi connectivity index (χ1v) is 8.92. The van der Waals surface area contributed by atoms with Crippen LogP contribution in [0, 0.1) is 0 Å². The summed E-state index contributed by atoms with van der Waals surface area (Å²) in [5.41, 5.74) is 1.01. The Morgan fingerprint density at radius 2 is 2.11 bits per heavy atom. The van der Waals surface area contributed by atoms with Gasteiger partial charge in [0.1, 0.15) is 17.2 Å². The van der Waals surface area contributed by atoms with Gasteiger partial charge in [-0.15, -0.1) is 0 Å². The second-order valence-electron chi connectivity index (χ2n) is 7.74. The van der Waals surface area contributed by atoms with E-state index in [0.29, 0.717) is 12.3 Å². The van der Waals surface area contributed by atoms with Gasteiger partial charge in [-0.1, -0.05) is 6.07 Å². The largest absolute Gasteiger partial charge is 0.374 e. The van der Waals surface area contributed by atoms with Crippen LogP contribution in [0.2, 0.25) is 0 Å². The Balaban J connectivity index is 1.38. The standard InChI is InChI=1S/C19H17F2N5O2/c1-18-8-19(9-18,10-28-18)13-6-26-7-14(22-5-15(26)24-13)25-17(27)12-4-2-3-11(23-12)16(20)21/h2-7,16H,8-10H2,1H3,(H,25,27). The summed E-state index contributed by atoms with van der Waals surface area (Å²) in [5, 5.41) is 2.59. The van der Waals surface area contributed by atoms with Crippen LogP contribution in [0.15, 0.2) is 36.8 Å². The molecule has 0 spiro atoms. The van der Waals surface area contributed by atoms with Crippen LogP contribution in [-0.4, -0.2) is 37.5 Å². The maximum Gasteiger partial charge on any atom is 0.280 e. The van der Waals surface area contributed by atoms with Crippen LogP contribution in [0.3, 0.4) is 0 Å². The lowest BCUT2D eigenvalue weighted by Crippen LogP contribution is -2.45. The number of fused-ring (bicyclic) bond motifs is 2. The summed E-state index contributed by atoms with van der Waals surface area (Å²) in [6.45, 7) is 2.77. The quantitative estimate of drug-likeness (QED) is 0.746. The molecular formula is C19H17F2N5O2. The van der Waals surface area contributed by atoms with Gasteiger partial charge in [-0.3, -0.25) is 4.79 Å². The summed E-state index contributed by atoms with van der Waals surface area (Å²) in [4.78, 5) is 24.9. The van der Waals surface area contributed by atoms with E-state index in [9.17, 15) is 13.6 Å². The zero-order valence-electron chi connectivity index (χ0n) is 15.0. The normalized spacial score (nSPS) is 25.9. The molecule has 144 valence electrons. The molecule has 6 rings (SSSR count). The predicted molar refractivity (Wildman–Crippen MR) is 95.4 cm³/mol.